The number of fused-ring (bicyclic) bond motifs is 3. The number of ketones is 2. The number of carbonyl (C=O) groups is 6. The van der Waals surface area contributed by atoms with E-state index in [4.69, 9.17) is 28.9 Å². The van der Waals surface area contributed by atoms with Crippen molar-refractivity contribution < 1.29 is 57.9 Å². The lowest BCUT2D eigenvalue weighted by molar-refractivity contribution is -0.157. The SMILES string of the molecule is CC(C)CC(=NCCN(CCN=C(CC(C)C)C1=C(O)CC(C)(C)CC1=O)C(=O)COCCOCCNC(=O)CCC(NC(=O)OCC1c2ccccc2-c2ccccc21)C(=O)OC(C)(C)C)C1=C(O)CC(C)(C)CC1=O. The van der Waals surface area contributed by atoms with Crippen LogP contribution < -0.4 is 10.6 Å². The molecule has 3 amide bonds. The molecule has 17 heteroatoms. The van der Waals surface area contributed by atoms with Crippen LogP contribution in [-0.4, -0.2) is 139 Å². The van der Waals surface area contributed by atoms with Crippen molar-refractivity contribution in [1.82, 2.24) is 15.5 Å². The lowest BCUT2D eigenvalue weighted by atomic mass is 9.75. The van der Waals surface area contributed by atoms with E-state index in [1.807, 2.05) is 104 Å². The molecule has 0 radical (unpaired) electrons. The summed E-state index contributed by atoms with van der Waals surface area (Å²) in [4.78, 5) is 91.0. The molecule has 0 bridgehead atoms. The lowest BCUT2D eigenvalue weighted by Crippen LogP contribution is -2.45. The third-order valence-corrected chi connectivity index (χ3v) is 13.3. The van der Waals surface area contributed by atoms with Gasteiger partial charge in [0.25, 0.3) is 0 Å². The Balaban J connectivity index is 1.12. The molecular weight excluding hydrogens is 983 g/mol. The highest BCUT2D eigenvalue weighted by Crippen LogP contribution is 2.45. The molecule has 0 aliphatic heterocycles. The number of aliphatic hydroxyl groups excluding tert-OH is 2. The third-order valence-electron chi connectivity index (χ3n) is 13.3. The van der Waals surface area contributed by atoms with Gasteiger partial charge < -0.3 is 44.7 Å². The summed E-state index contributed by atoms with van der Waals surface area (Å²) in [6.07, 6.45) is 1.29. The molecular formula is C60H85N5O12. The summed E-state index contributed by atoms with van der Waals surface area (Å²) < 4.78 is 22.7. The first-order valence-corrected chi connectivity index (χ1v) is 27.3. The van der Waals surface area contributed by atoms with Crippen LogP contribution in [0.1, 0.15) is 145 Å². The first kappa shape index (κ1) is 61.7. The number of aliphatic hydroxyl groups is 2. The second-order valence-corrected chi connectivity index (χ2v) is 23.9. The number of hydrogen-bond acceptors (Lipinski definition) is 14. The van der Waals surface area contributed by atoms with Crippen molar-refractivity contribution in [1.29, 1.82) is 0 Å². The van der Waals surface area contributed by atoms with E-state index in [1.165, 1.54) is 0 Å². The smallest absolute Gasteiger partial charge is 0.407 e. The van der Waals surface area contributed by atoms with Gasteiger partial charge in [-0.05, 0) is 85.0 Å². The first-order chi connectivity index (χ1) is 36.2. The van der Waals surface area contributed by atoms with Gasteiger partial charge in [-0.2, -0.15) is 0 Å². The molecule has 1 atom stereocenters. The number of nitrogens with one attached hydrogen (secondary N) is 2. The highest BCUT2D eigenvalue weighted by molar-refractivity contribution is 6.24. The number of esters is 1. The standard InChI is InChI=1S/C60H85N5O12/c1-38(2)30-46(54-48(66)32-59(8,9)33-49(54)67)61-22-25-65(26-23-62-47(31-39(3)4)55-50(68)34-60(10,11)35-51(55)69)53(71)37-75-29-28-74-27-24-63-52(70)21-20-45(56(72)77-58(5,6)7)64-57(73)76-36-44-42-18-14-12-16-40(42)41-17-13-15-19-43(41)44/h12-19,38-39,44-45,66,68H,20-37H2,1-11H3,(H,63,70)(H,64,73). The van der Waals surface area contributed by atoms with E-state index >= 15 is 0 Å². The van der Waals surface area contributed by atoms with Gasteiger partial charge in [0.15, 0.2) is 11.6 Å². The maximum absolute atomic E-state index is 13.8. The molecule has 2 aromatic carbocycles. The summed E-state index contributed by atoms with van der Waals surface area (Å²) in [5.74, 6) is -1.52. The minimum Gasteiger partial charge on any atom is -0.511 e. The third kappa shape index (κ3) is 19.0. The second kappa shape index (κ2) is 27.9. The summed E-state index contributed by atoms with van der Waals surface area (Å²) in [5.41, 5.74) is 4.25. The summed E-state index contributed by atoms with van der Waals surface area (Å²) in [6, 6.07) is 14.8. The van der Waals surface area contributed by atoms with E-state index in [0.717, 1.165) is 22.3 Å². The Morgan fingerprint density at radius 2 is 1.22 bits per heavy atom. The fourth-order valence-corrected chi connectivity index (χ4v) is 9.97. The van der Waals surface area contributed by atoms with Crippen LogP contribution in [0.4, 0.5) is 4.79 Å². The van der Waals surface area contributed by atoms with Crippen molar-refractivity contribution in [3.8, 4) is 11.1 Å². The van der Waals surface area contributed by atoms with Crippen LogP contribution in [0.15, 0.2) is 81.2 Å². The van der Waals surface area contributed by atoms with Gasteiger partial charge in [-0.3, -0.25) is 29.2 Å². The minimum atomic E-state index is -1.15. The summed E-state index contributed by atoms with van der Waals surface area (Å²) in [6.45, 7) is 21.8. The van der Waals surface area contributed by atoms with Gasteiger partial charge in [-0.1, -0.05) is 104 Å². The van der Waals surface area contributed by atoms with Gasteiger partial charge in [0, 0.05) is 69.1 Å². The molecule has 77 heavy (non-hydrogen) atoms. The summed E-state index contributed by atoms with van der Waals surface area (Å²) >= 11 is 0. The van der Waals surface area contributed by atoms with Gasteiger partial charge in [-0.25, -0.2) is 9.59 Å². The number of benzene rings is 2. The quantitative estimate of drug-likeness (QED) is 0.0372. The van der Waals surface area contributed by atoms with Crippen LogP contribution >= 0.6 is 0 Å². The number of hydrogen-bond donors (Lipinski definition) is 4. The number of allylic oxidation sites excluding steroid dienone is 4. The summed E-state index contributed by atoms with van der Waals surface area (Å²) in [7, 11) is 0. The molecule has 0 saturated heterocycles. The predicted molar refractivity (Wildman–Crippen MR) is 297 cm³/mol. The Kier molecular flexibility index (Phi) is 22.3. The number of alkyl carbamates (subject to hydrolysis) is 1. The van der Waals surface area contributed by atoms with Crippen molar-refractivity contribution >= 4 is 46.9 Å². The summed E-state index contributed by atoms with van der Waals surface area (Å²) in [5, 5.41) is 27.5. The van der Waals surface area contributed by atoms with Crippen LogP contribution in [-0.2, 0) is 42.9 Å². The molecule has 422 valence electrons. The van der Waals surface area contributed by atoms with Crippen molar-refractivity contribution in [2.75, 3.05) is 65.8 Å². The molecule has 0 spiro atoms. The Bertz CT molecular complexity index is 2440. The largest absolute Gasteiger partial charge is 0.511 e. The van der Waals surface area contributed by atoms with Crippen LogP contribution in [0, 0.1) is 22.7 Å². The number of nitrogens with zero attached hydrogens (tertiary/aromatic N) is 3. The maximum atomic E-state index is 13.8. The molecule has 0 fully saturated rings. The van der Waals surface area contributed by atoms with E-state index in [2.05, 4.69) is 10.6 Å². The zero-order valence-corrected chi connectivity index (χ0v) is 47.5. The Morgan fingerprint density at radius 1 is 0.727 bits per heavy atom. The van der Waals surface area contributed by atoms with Crippen LogP contribution in [0.5, 0.6) is 0 Å². The van der Waals surface area contributed by atoms with E-state index < -0.39 is 23.7 Å². The van der Waals surface area contributed by atoms with Crippen LogP contribution in [0.3, 0.4) is 0 Å². The molecule has 5 rings (SSSR count). The van der Waals surface area contributed by atoms with Gasteiger partial charge in [0.1, 0.15) is 36.4 Å². The molecule has 2 aromatic rings. The fraction of sp³-hybridized carbons (Fsp3) is 0.600. The number of Topliss-reactive ketones (excluding diaryl/α,β-unsaturated/α-hetero) is 2. The zero-order valence-electron chi connectivity index (χ0n) is 47.5. The average molecular weight is 1070 g/mol. The Labute approximate surface area is 455 Å². The average Bonchev–Trinajstić information content (AvgIpc) is 3.64. The lowest BCUT2D eigenvalue weighted by Gasteiger charge is -2.30. The molecule has 0 saturated carbocycles. The Hall–Kier alpha value is -6.20. The molecule has 0 heterocycles. The molecule has 1 unspecified atom stereocenters. The number of ether oxygens (including phenoxy) is 4. The van der Waals surface area contributed by atoms with Crippen molar-refractivity contribution in [2.45, 2.75) is 145 Å². The van der Waals surface area contributed by atoms with Gasteiger partial charge >= 0.3 is 12.1 Å². The molecule has 0 aromatic heterocycles. The van der Waals surface area contributed by atoms with Crippen LogP contribution in [0.2, 0.25) is 0 Å². The van der Waals surface area contributed by atoms with Crippen molar-refractivity contribution in [2.24, 2.45) is 32.7 Å². The topological polar surface area (TPSA) is 232 Å². The van der Waals surface area contributed by atoms with Crippen molar-refractivity contribution in [3.05, 3.63) is 82.3 Å². The zero-order chi connectivity index (χ0) is 56.7. The second-order valence-electron chi connectivity index (χ2n) is 23.9. The van der Waals surface area contributed by atoms with E-state index in [9.17, 15) is 39.0 Å². The number of amides is 3. The normalized spacial score (nSPS) is 17.1. The predicted octanol–water partition coefficient (Wildman–Crippen LogP) is 9.37. The van der Waals surface area contributed by atoms with Gasteiger partial charge in [0.05, 0.1) is 44.1 Å². The monoisotopic (exact) mass is 1070 g/mol. The van der Waals surface area contributed by atoms with Gasteiger partial charge in [0.2, 0.25) is 11.8 Å². The molecule has 4 N–H and O–H groups in total. The Morgan fingerprint density at radius 3 is 1.70 bits per heavy atom. The van der Waals surface area contributed by atoms with Gasteiger partial charge in [-0.15, -0.1) is 0 Å². The maximum Gasteiger partial charge on any atom is 0.407 e. The van der Waals surface area contributed by atoms with Crippen LogP contribution in [0.25, 0.3) is 11.1 Å². The first-order valence-electron chi connectivity index (χ1n) is 27.3. The number of aliphatic imine (C=N–C) groups is 2. The van der Waals surface area contributed by atoms with E-state index in [-0.39, 0.29) is 166 Å². The van der Waals surface area contributed by atoms with E-state index in [0.29, 0.717) is 37.1 Å². The molecule has 3 aliphatic rings. The number of carbonyl (C=O) groups excluding carboxylic acids is 6. The highest BCUT2D eigenvalue weighted by Gasteiger charge is 2.37. The number of rotatable bonds is 27. The van der Waals surface area contributed by atoms with Crippen molar-refractivity contribution in [3.63, 3.8) is 0 Å². The molecule has 17 nitrogen and oxygen atoms in total. The highest BCUT2D eigenvalue weighted by atomic mass is 16.6. The van der Waals surface area contributed by atoms with E-state index in [1.54, 1.807) is 25.7 Å². The fourth-order valence-electron chi connectivity index (χ4n) is 9.97. The molecule has 3 aliphatic carbocycles. The minimum absolute atomic E-state index is 0.0353.